The third kappa shape index (κ3) is 2.27. The molecule has 2 heteroatoms. The quantitative estimate of drug-likeness (QED) is 0.627. The van der Waals surface area contributed by atoms with Crippen molar-refractivity contribution in [2.45, 2.75) is 25.8 Å². The largest absolute Gasteiger partial charge is 0.313 e. The Morgan fingerprint density at radius 3 is 3.00 bits per heavy atom. The fourth-order valence-electron chi connectivity index (χ4n) is 1.37. The highest BCUT2D eigenvalue weighted by molar-refractivity contribution is 4.77. The van der Waals surface area contributed by atoms with Gasteiger partial charge in [0.05, 0.1) is 0 Å². The van der Waals surface area contributed by atoms with Gasteiger partial charge in [-0.25, -0.2) is 0 Å². The average Bonchev–Trinajstić information content (AvgIpc) is 2.40. The van der Waals surface area contributed by atoms with Crippen molar-refractivity contribution in [1.29, 1.82) is 0 Å². The van der Waals surface area contributed by atoms with Gasteiger partial charge in [-0.05, 0) is 33.4 Å². The van der Waals surface area contributed by atoms with Gasteiger partial charge in [-0.2, -0.15) is 0 Å². The van der Waals surface area contributed by atoms with E-state index in [-0.39, 0.29) is 0 Å². The molecule has 0 spiro atoms. The SMILES string of the molecule is C[CH]N(C)CC1CCCN1. The van der Waals surface area contributed by atoms with Crippen LogP contribution in [0.5, 0.6) is 0 Å². The molecule has 0 aromatic carbocycles. The van der Waals surface area contributed by atoms with Crippen molar-refractivity contribution in [3.05, 3.63) is 6.54 Å². The first kappa shape index (κ1) is 8.02. The lowest BCUT2D eigenvalue weighted by Gasteiger charge is -2.18. The van der Waals surface area contributed by atoms with Gasteiger partial charge in [0.2, 0.25) is 0 Å². The minimum atomic E-state index is 0.737. The molecular formula is C8H17N2. The topological polar surface area (TPSA) is 15.3 Å². The second kappa shape index (κ2) is 3.94. The molecule has 0 saturated carbocycles. The Labute approximate surface area is 63.6 Å². The molecular weight excluding hydrogens is 124 g/mol. The van der Waals surface area contributed by atoms with Crippen LogP contribution in [0.1, 0.15) is 19.8 Å². The van der Waals surface area contributed by atoms with Crippen LogP contribution in [-0.2, 0) is 0 Å². The van der Waals surface area contributed by atoms with Gasteiger partial charge in [0.15, 0.2) is 0 Å². The summed E-state index contributed by atoms with van der Waals surface area (Å²) in [5.74, 6) is 0. The molecule has 1 unspecified atom stereocenters. The molecule has 1 radical (unpaired) electrons. The molecule has 0 amide bonds. The van der Waals surface area contributed by atoms with Crippen LogP contribution in [0.2, 0.25) is 0 Å². The highest BCUT2D eigenvalue weighted by Gasteiger charge is 2.14. The van der Waals surface area contributed by atoms with Gasteiger partial charge in [0.25, 0.3) is 0 Å². The van der Waals surface area contributed by atoms with E-state index in [2.05, 4.69) is 30.7 Å². The van der Waals surface area contributed by atoms with E-state index in [1.54, 1.807) is 0 Å². The molecule has 1 fully saturated rings. The van der Waals surface area contributed by atoms with Crippen LogP contribution in [0.3, 0.4) is 0 Å². The zero-order chi connectivity index (χ0) is 7.40. The third-order valence-electron chi connectivity index (χ3n) is 2.11. The first-order chi connectivity index (χ1) is 4.83. The predicted molar refractivity (Wildman–Crippen MR) is 43.6 cm³/mol. The van der Waals surface area contributed by atoms with Crippen molar-refractivity contribution in [2.75, 3.05) is 20.1 Å². The van der Waals surface area contributed by atoms with Gasteiger partial charge in [0, 0.05) is 19.1 Å². The fraction of sp³-hybridized carbons (Fsp3) is 0.875. The Balaban J connectivity index is 2.11. The predicted octanol–water partition coefficient (Wildman–Crippen LogP) is 0.852. The summed E-state index contributed by atoms with van der Waals surface area (Å²) < 4.78 is 0. The Morgan fingerprint density at radius 2 is 2.50 bits per heavy atom. The molecule has 10 heavy (non-hydrogen) atoms. The smallest absolute Gasteiger partial charge is 0.0218 e. The van der Waals surface area contributed by atoms with Crippen molar-refractivity contribution in [3.8, 4) is 0 Å². The van der Waals surface area contributed by atoms with Crippen molar-refractivity contribution in [2.24, 2.45) is 0 Å². The molecule has 0 aromatic rings. The van der Waals surface area contributed by atoms with E-state index in [9.17, 15) is 0 Å². The molecule has 1 heterocycles. The molecule has 2 nitrogen and oxygen atoms in total. The fourth-order valence-corrected chi connectivity index (χ4v) is 1.37. The molecule has 0 aromatic heterocycles. The highest BCUT2D eigenvalue weighted by Crippen LogP contribution is 2.05. The molecule has 0 bridgehead atoms. The van der Waals surface area contributed by atoms with Crippen LogP contribution in [0, 0.1) is 6.54 Å². The van der Waals surface area contributed by atoms with Crippen LogP contribution in [0.15, 0.2) is 0 Å². The van der Waals surface area contributed by atoms with Crippen LogP contribution < -0.4 is 5.32 Å². The number of rotatable bonds is 3. The Morgan fingerprint density at radius 1 is 1.70 bits per heavy atom. The summed E-state index contributed by atoms with van der Waals surface area (Å²) in [6.45, 7) is 6.58. The summed E-state index contributed by atoms with van der Waals surface area (Å²) in [6, 6.07) is 0.737. The van der Waals surface area contributed by atoms with Crippen molar-refractivity contribution in [3.63, 3.8) is 0 Å². The summed E-state index contributed by atoms with van der Waals surface area (Å²) in [7, 11) is 2.12. The van der Waals surface area contributed by atoms with E-state index in [1.165, 1.54) is 19.4 Å². The summed E-state index contributed by atoms with van der Waals surface area (Å²) in [6.07, 6.45) is 2.69. The van der Waals surface area contributed by atoms with Gasteiger partial charge in [-0.15, -0.1) is 0 Å². The summed E-state index contributed by atoms with van der Waals surface area (Å²) in [5, 5.41) is 3.46. The Kier molecular flexibility index (Phi) is 3.16. The number of nitrogens with one attached hydrogen (secondary N) is 1. The minimum Gasteiger partial charge on any atom is -0.313 e. The Hall–Kier alpha value is -0.0800. The van der Waals surface area contributed by atoms with Crippen molar-refractivity contribution >= 4 is 0 Å². The van der Waals surface area contributed by atoms with Crippen LogP contribution >= 0.6 is 0 Å². The third-order valence-corrected chi connectivity index (χ3v) is 2.11. The number of likely N-dealkylation sites (N-methyl/N-ethyl adjacent to an activating group) is 1. The van der Waals surface area contributed by atoms with Crippen LogP contribution in [-0.4, -0.2) is 31.1 Å². The second-order valence-electron chi connectivity index (χ2n) is 2.99. The lowest BCUT2D eigenvalue weighted by Crippen LogP contribution is -2.33. The molecule has 1 aliphatic heterocycles. The zero-order valence-corrected chi connectivity index (χ0v) is 6.93. The molecule has 1 atom stereocenters. The Bertz CT molecular complexity index is 87.3. The van der Waals surface area contributed by atoms with E-state index in [1.807, 2.05) is 0 Å². The molecule has 1 saturated heterocycles. The first-order valence-corrected chi connectivity index (χ1v) is 4.06. The number of hydrogen-bond acceptors (Lipinski definition) is 2. The van der Waals surface area contributed by atoms with Gasteiger partial charge in [-0.3, -0.25) is 0 Å². The minimum absolute atomic E-state index is 0.737. The number of hydrogen-bond donors (Lipinski definition) is 1. The lowest BCUT2D eigenvalue weighted by atomic mass is 10.2. The van der Waals surface area contributed by atoms with Gasteiger partial charge in [0.1, 0.15) is 0 Å². The molecule has 1 N–H and O–H groups in total. The standard InChI is InChI=1S/C8H17N2/c1-3-10(2)7-8-5-4-6-9-8/h3,8-9H,4-7H2,1-2H3. The molecule has 1 aliphatic rings. The molecule has 1 rings (SSSR count). The van der Waals surface area contributed by atoms with Crippen LogP contribution in [0.25, 0.3) is 0 Å². The normalized spacial score (nSPS) is 26.1. The van der Waals surface area contributed by atoms with E-state index < -0.39 is 0 Å². The maximum absolute atomic E-state index is 3.46. The maximum atomic E-state index is 3.46. The van der Waals surface area contributed by atoms with Gasteiger partial charge < -0.3 is 10.2 Å². The van der Waals surface area contributed by atoms with Crippen molar-refractivity contribution in [1.82, 2.24) is 10.2 Å². The summed E-state index contributed by atoms with van der Waals surface area (Å²) >= 11 is 0. The monoisotopic (exact) mass is 141 g/mol. The van der Waals surface area contributed by atoms with Crippen molar-refractivity contribution < 1.29 is 0 Å². The highest BCUT2D eigenvalue weighted by atomic mass is 15.1. The summed E-state index contributed by atoms with van der Waals surface area (Å²) in [4.78, 5) is 2.24. The number of nitrogens with zero attached hydrogens (tertiary/aromatic N) is 1. The lowest BCUT2D eigenvalue weighted by molar-refractivity contribution is 0.359. The maximum Gasteiger partial charge on any atom is 0.0218 e. The summed E-state index contributed by atoms with van der Waals surface area (Å²) in [5.41, 5.74) is 0. The van der Waals surface area contributed by atoms with Crippen LogP contribution in [0.4, 0.5) is 0 Å². The molecule has 59 valence electrons. The first-order valence-electron chi connectivity index (χ1n) is 4.06. The van der Waals surface area contributed by atoms with Gasteiger partial charge >= 0.3 is 0 Å². The molecule has 0 aliphatic carbocycles. The zero-order valence-electron chi connectivity index (χ0n) is 6.93. The second-order valence-corrected chi connectivity index (χ2v) is 2.99. The van der Waals surface area contributed by atoms with E-state index in [4.69, 9.17) is 0 Å². The van der Waals surface area contributed by atoms with E-state index >= 15 is 0 Å². The average molecular weight is 141 g/mol. The van der Waals surface area contributed by atoms with E-state index in [0.29, 0.717) is 0 Å². The van der Waals surface area contributed by atoms with E-state index in [0.717, 1.165) is 12.6 Å². The van der Waals surface area contributed by atoms with Gasteiger partial charge in [-0.1, -0.05) is 0 Å².